The maximum Gasteiger partial charge on any atom is 0.255 e. The average molecular weight is 328 g/mol. The van der Waals surface area contributed by atoms with Crippen molar-refractivity contribution in [2.75, 3.05) is 23.9 Å². The predicted molar refractivity (Wildman–Crippen MR) is 88.9 cm³/mol. The van der Waals surface area contributed by atoms with E-state index in [1.807, 2.05) is 0 Å². The van der Waals surface area contributed by atoms with Crippen LogP contribution in [0, 0.1) is 5.82 Å². The predicted octanol–water partition coefficient (Wildman–Crippen LogP) is 3.21. The van der Waals surface area contributed by atoms with Gasteiger partial charge in [0, 0.05) is 24.2 Å². The number of anilines is 2. The van der Waals surface area contributed by atoms with E-state index in [1.54, 1.807) is 23.1 Å². The molecule has 1 heterocycles. The molecule has 24 heavy (non-hydrogen) atoms. The number of amides is 2. The lowest BCUT2D eigenvalue weighted by molar-refractivity contribution is -0.117. The Balaban J connectivity index is 1.84. The number of hydrogen-bond donors (Lipinski definition) is 1. The van der Waals surface area contributed by atoms with Crippen LogP contribution in [-0.4, -0.2) is 25.5 Å². The normalized spacial score (nSPS) is 13.9. The second-order valence-corrected chi connectivity index (χ2v) is 5.50. The smallest absolute Gasteiger partial charge is 0.255 e. The Morgan fingerprint density at radius 1 is 1.21 bits per heavy atom. The number of carbonyl (C=O) groups excluding carboxylic acids is 2. The van der Waals surface area contributed by atoms with Crippen LogP contribution in [0.4, 0.5) is 15.8 Å². The van der Waals surface area contributed by atoms with Crippen LogP contribution in [0.15, 0.2) is 42.5 Å². The van der Waals surface area contributed by atoms with Crippen molar-refractivity contribution in [1.29, 1.82) is 0 Å². The molecule has 5 nitrogen and oxygen atoms in total. The number of nitrogens with one attached hydrogen (secondary N) is 1. The number of hydrogen-bond acceptors (Lipinski definition) is 3. The highest BCUT2D eigenvalue weighted by Crippen LogP contribution is 2.34. The topological polar surface area (TPSA) is 58.6 Å². The third kappa shape index (κ3) is 3.22. The summed E-state index contributed by atoms with van der Waals surface area (Å²) in [6, 6.07) is 10.4. The molecule has 3 rings (SSSR count). The second-order valence-electron chi connectivity index (χ2n) is 5.50. The van der Waals surface area contributed by atoms with Crippen LogP contribution in [0.3, 0.4) is 0 Å². The molecule has 1 fully saturated rings. The summed E-state index contributed by atoms with van der Waals surface area (Å²) in [6.07, 6.45) is 1.31. The lowest BCUT2D eigenvalue weighted by Gasteiger charge is -2.20. The van der Waals surface area contributed by atoms with E-state index in [4.69, 9.17) is 4.74 Å². The monoisotopic (exact) mass is 328 g/mol. The van der Waals surface area contributed by atoms with Crippen LogP contribution in [0.2, 0.25) is 0 Å². The zero-order valence-electron chi connectivity index (χ0n) is 13.2. The molecular formula is C18H17FN2O3. The van der Waals surface area contributed by atoms with Gasteiger partial charge in [0.25, 0.3) is 5.91 Å². The van der Waals surface area contributed by atoms with Gasteiger partial charge >= 0.3 is 0 Å². The van der Waals surface area contributed by atoms with Gasteiger partial charge in [0.05, 0.1) is 12.8 Å². The number of methoxy groups -OCH3 is 1. The molecule has 2 amide bonds. The molecule has 0 atom stereocenters. The molecule has 0 aromatic heterocycles. The Labute approximate surface area is 139 Å². The second kappa shape index (κ2) is 6.70. The van der Waals surface area contributed by atoms with Gasteiger partial charge in [-0.1, -0.05) is 0 Å². The van der Waals surface area contributed by atoms with Crippen molar-refractivity contribution in [3.05, 3.63) is 53.8 Å². The molecule has 6 heteroatoms. The molecule has 1 aliphatic rings. The van der Waals surface area contributed by atoms with E-state index in [9.17, 15) is 14.0 Å². The SMILES string of the molecule is COc1ccc(NC(=O)c2ccc(F)cc2)cc1N1CCCC1=O. The van der Waals surface area contributed by atoms with Crippen molar-refractivity contribution in [1.82, 2.24) is 0 Å². The Hall–Kier alpha value is -2.89. The first-order valence-corrected chi connectivity index (χ1v) is 7.64. The third-order valence-corrected chi connectivity index (χ3v) is 3.91. The fraction of sp³-hybridized carbons (Fsp3) is 0.222. The quantitative estimate of drug-likeness (QED) is 0.937. The minimum absolute atomic E-state index is 0.0373. The molecule has 0 aliphatic carbocycles. The number of halogens is 1. The summed E-state index contributed by atoms with van der Waals surface area (Å²) < 4.78 is 18.3. The fourth-order valence-corrected chi connectivity index (χ4v) is 2.69. The Morgan fingerprint density at radius 3 is 2.58 bits per heavy atom. The highest BCUT2D eigenvalue weighted by Gasteiger charge is 2.24. The maximum absolute atomic E-state index is 12.9. The summed E-state index contributed by atoms with van der Waals surface area (Å²) in [5, 5.41) is 2.75. The van der Waals surface area contributed by atoms with Gasteiger partial charge in [0.1, 0.15) is 11.6 Å². The highest BCUT2D eigenvalue weighted by atomic mass is 19.1. The van der Waals surface area contributed by atoms with E-state index >= 15 is 0 Å². The summed E-state index contributed by atoms with van der Waals surface area (Å²) in [5.41, 5.74) is 1.53. The van der Waals surface area contributed by atoms with Crippen molar-refractivity contribution in [3.8, 4) is 5.75 Å². The standard InChI is InChI=1S/C18H17FN2O3/c1-24-16-9-8-14(11-15(16)21-10-2-3-17(21)22)20-18(23)12-4-6-13(19)7-5-12/h4-9,11H,2-3,10H2,1H3,(H,20,23). The molecular weight excluding hydrogens is 311 g/mol. The molecule has 2 aromatic rings. The summed E-state index contributed by atoms with van der Waals surface area (Å²) >= 11 is 0. The number of nitrogens with zero attached hydrogens (tertiary/aromatic N) is 1. The van der Waals surface area contributed by atoms with Gasteiger partial charge in [-0.2, -0.15) is 0 Å². The summed E-state index contributed by atoms with van der Waals surface area (Å²) in [5.74, 6) is -0.134. The Morgan fingerprint density at radius 2 is 1.96 bits per heavy atom. The van der Waals surface area contributed by atoms with E-state index in [-0.39, 0.29) is 11.8 Å². The Kier molecular flexibility index (Phi) is 4.46. The van der Waals surface area contributed by atoms with E-state index in [0.29, 0.717) is 35.7 Å². The van der Waals surface area contributed by atoms with Crippen molar-refractivity contribution in [2.24, 2.45) is 0 Å². The number of benzene rings is 2. The average Bonchev–Trinajstić information content (AvgIpc) is 3.01. The van der Waals surface area contributed by atoms with Crippen molar-refractivity contribution in [2.45, 2.75) is 12.8 Å². The molecule has 0 bridgehead atoms. The molecule has 2 aromatic carbocycles. The molecule has 124 valence electrons. The van der Waals surface area contributed by atoms with Crippen molar-refractivity contribution < 1.29 is 18.7 Å². The minimum Gasteiger partial charge on any atom is -0.495 e. The van der Waals surface area contributed by atoms with Gasteiger partial charge in [0.2, 0.25) is 5.91 Å². The molecule has 1 saturated heterocycles. The summed E-state index contributed by atoms with van der Waals surface area (Å²) in [7, 11) is 1.54. The summed E-state index contributed by atoms with van der Waals surface area (Å²) in [4.78, 5) is 25.9. The Bertz CT molecular complexity index is 774. The molecule has 0 radical (unpaired) electrons. The lowest BCUT2D eigenvalue weighted by Crippen LogP contribution is -2.24. The number of rotatable bonds is 4. The van der Waals surface area contributed by atoms with E-state index in [2.05, 4.69) is 5.32 Å². The highest BCUT2D eigenvalue weighted by molar-refractivity contribution is 6.05. The zero-order chi connectivity index (χ0) is 17.1. The lowest BCUT2D eigenvalue weighted by atomic mass is 10.2. The van der Waals surface area contributed by atoms with Gasteiger partial charge < -0.3 is 15.0 Å². The molecule has 1 N–H and O–H groups in total. The van der Waals surface area contributed by atoms with Gasteiger partial charge in [-0.15, -0.1) is 0 Å². The fourth-order valence-electron chi connectivity index (χ4n) is 2.69. The molecule has 1 aliphatic heterocycles. The van der Waals surface area contributed by atoms with E-state index in [0.717, 1.165) is 6.42 Å². The van der Waals surface area contributed by atoms with Crippen molar-refractivity contribution in [3.63, 3.8) is 0 Å². The first-order chi connectivity index (χ1) is 11.6. The largest absolute Gasteiger partial charge is 0.495 e. The first-order valence-electron chi connectivity index (χ1n) is 7.64. The van der Waals surface area contributed by atoms with Gasteiger partial charge in [0.15, 0.2) is 0 Å². The van der Waals surface area contributed by atoms with E-state index in [1.165, 1.54) is 31.4 Å². The van der Waals surface area contributed by atoms with Gasteiger partial charge in [-0.05, 0) is 48.9 Å². The summed E-state index contributed by atoms with van der Waals surface area (Å²) in [6.45, 7) is 0.630. The van der Waals surface area contributed by atoms with Crippen LogP contribution in [0.1, 0.15) is 23.2 Å². The van der Waals surface area contributed by atoms with Gasteiger partial charge in [-0.3, -0.25) is 9.59 Å². The maximum atomic E-state index is 12.9. The van der Waals surface area contributed by atoms with Gasteiger partial charge in [-0.25, -0.2) is 4.39 Å². The van der Waals surface area contributed by atoms with Crippen LogP contribution in [-0.2, 0) is 4.79 Å². The van der Waals surface area contributed by atoms with Crippen LogP contribution in [0.5, 0.6) is 5.75 Å². The molecule has 0 unspecified atom stereocenters. The van der Waals surface area contributed by atoms with Crippen LogP contribution in [0.25, 0.3) is 0 Å². The zero-order valence-corrected chi connectivity index (χ0v) is 13.2. The van der Waals surface area contributed by atoms with Crippen LogP contribution >= 0.6 is 0 Å². The molecule has 0 saturated carbocycles. The van der Waals surface area contributed by atoms with Crippen LogP contribution < -0.4 is 15.0 Å². The van der Waals surface area contributed by atoms with E-state index < -0.39 is 5.82 Å². The molecule has 0 spiro atoms. The first kappa shape index (κ1) is 16.0. The number of ether oxygens (including phenoxy) is 1. The third-order valence-electron chi connectivity index (χ3n) is 3.91. The number of carbonyl (C=O) groups is 2. The van der Waals surface area contributed by atoms with Crippen molar-refractivity contribution >= 4 is 23.2 Å². The minimum atomic E-state index is -0.397.